The van der Waals surface area contributed by atoms with Crippen LogP contribution in [0.25, 0.3) is 0 Å². The van der Waals surface area contributed by atoms with Crippen molar-refractivity contribution >= 4 is 35.8 Å². The molecule has 0 saturated carbocycles. The second kappa shape index (κ2) is 25.0. The maximum Gasteiger partial charge on any atom is 0.320 e. The van der Waals surface area contributed by atoms with E-state index in [2.05, 4.69) is 0 Å². The normalized spacial score (nSPS) is 14.7. The van der Waals surface area contributed by atoms with Crippen LogP contribution in [-0.4, -0.2) is 124 Å². The van der Waals surface area contributed by atoms with Gasteiger partial charge in [0.05, 0.1) is 0 Å². The Kier molecular flexibility index (Phi) is 21.8. The molecule has 21 N–H and O–H groups in total. The number of carboxylic acids is 6. The zero-order valence-corrected chi connectivity index (χ0v) is 32.4. The van der Waals surface area contributed by atoms with Crippen molar-refractivity contribution in [2.45, 2.75) is 126 Å². The highest BCUT2D eigenvalue weighted by Crippen LogP contribution is 2.24. The lowest BCUT2D eigenvalue weighted by Crippen LogP contribution is -2.41. The Morgan fingerprint density at radius 1 is 0.475 bits per heavy atom. The van der Waals surface area contributed by atoms with E-state index < -0.39 is 78.2 Å². The largest absolute Gasteiger partial charge is 0.503 e. The molecular weight excluding hydrogens is 784 g/mol. The maximum atomic E-state index is 11.1. The van der Waals surface area contributed by atoms with Crippen molar-refractivity contribution in [1.82, 2.24) is 0 Å². The molecule has 0 aliphatic carbocycles. The molecule has 0 fully saturated rings. The van der Waals surface area contributed by atoms with Gasteiger partial charge in [-0.15, -0.1) is 0 Å². The molecule has 23 heteroatoms. The minimum atomic E-state index is -1.28. The minimum absolute atomic E-state index is 0.00312. The summed E-state index contributed by atoms with van der Waals surface area (Å²) >= 11 is 0. The van der Waals surface area contributed by atoms with Crippen molar-refractivity contribution < 1.29 is 83.9 Å². The van der Waals surface area contributed by atoms with Gasteiger partial charge in [0, 0.05) is 41.5 Å². The fraction of sp³-hybridized carbons (Fsp3) is 0.556. The summed E-state index contributed by atoms with van der Waals surface area (Å²) in [5.41, 5.74) is 34.7. The van der Waals surface area contributed by atoms with Gasteiger partial charge in [-0.25, -0.2) is 4.57 Å². The molecular formula is C36H58N8O15+2. The van der Waals surface area contributed by atoms with Crippen LogP contribution in [0.15, 0.2) is 24.8 Å². The van der Waals surface area contributed by atoms with E-state index in [1.807, 2.05) is 0 Å². The monoisotopic (exact) mass is 842 g/mol. The summed E-state index contributed by atoms with van der Waals surface area (Å²) in [7, 11) is 0. The van der Waals surface area contributed by atoms with Crippen LogP contribution >= 0.6 is 0 Å². The van der Waals surface area contributed by atoms with Crippen molar-refractivity contribution in [2.75, 3.05) is 0 Å². The maximum absolute atomic E-state index is 11.1. The third-order valence-electron chi connectivity index (χ3n) is 9.23. The lowest BCUT2D eigenvalue weighted by molar-refractivity contribution is -0.704. The molecule has 0 spiro atoms. The van der Waals surface area contributed by atoms with Gasteiger partial charge < -0.3 is 80.4 Å². The summed E-state index contributed by atoms with van der Waals surface area (Å²) in [6.45, 7) is 0.465. The van der Waals surface area contributed by atoms with E-state index in [0.717, 1.165) is 0 Å². The predicted molar refractivity (Wildman–Crippen MR) is 203 cm³/mol. The van der Waals surface area contributed by atoms with Crippen LogP contribution in [0.5, 0.6) is 11.5 Å². The number of nitrogens with zero attached hydrogens (tertiary/aromatic N) is 2. The van der Waals surface area contributed by atoms with Gasteiger partial charge >= 0.3 is 35.8 Å². The summed E-state index contributed by atoms with van der Waals surface area (Å²) in [4.78, 5) is 65.5. The van der Waals surface area contributed by atoms with Crippen molar-refractivity contribution in [2.24, 2.45) is 34.4 Å². The number of aliphatic carboxylic acids is 6. The second-order valence-corrected chi connectivity index (χ2v) is 14.1. The average molecular weight is 843 g/mol. The van der Waals surface area contributed by atoms with E-state index in [1.165, 1.54) is 17.0 Å². The van der Waals surface area contributed by atoms with Gasteiger partial charge in [0.2, 0.25) is 12.4 Å². The standard InChI is InChI=1S/C18H28N4O8.C18H28N4O7/c19-12(16(25)26)3-1-9-6-22(7-10(23)2-4-13(20)17(27)28)8-15(24)11(9)5-14(21)18(29)30;19-12(16(24)25)3-1-2-6-22-8-10(4-5-13(20)17(26)27)11(15(23)9-22)7-14(21)18(28)29/h6,8,10,12-14,23H,1-5,7,19-21H2,(H3-,24,25,26,27,28,29,30);8-9,12-14H,1-7,19-21H2,(H3-,23,24,25,26,27,28,29)/p+2. The van der Waals surface area contributed by atoms with E-state index in [9.17, 15) is 44.1 Å². The van der Waals surface area contributed by atoms with Crippen LogP contribution in [0.2, 0.25) is 0 Å². The molecule has 7 unspecified atom stereocenters. The number of aromatic nitrogens is 2. The first-order valence-corrected chi connectivity index (χ1v) is 18.5. The zero-order chi connectivity index (χ0) is 45.1. The molecule has 0 aromatic carbocycles. The number of hydrogen-bond acceptors (Lipinski definition) is 15. The van der Waals surface area contributed by atoms with Crippen molar-refractivity contribution in [3.63, 3.8) is 0 Å². The number of aromatic hydroxyl groups is 2. The minimum Gasteiger partial charge on any atom is -0.503 e. The molecule has 2 rings (SSSR count). The SMILES string of the molecule is NC(CCCC[n+]1cc(O)c(CC(N)C(=O)O)c(CCC(N)C(=O)O)c1)C(=O)O.NC(CCc1c[n+](CC(O)CCC(N)C(=O)O)cc(O)c1CC(N)C(=O)O)C(=O)O. The molecule has 2 heterocycles. The third-order valence-corrected chi connectivity index (χ3v) is 9.23. The summed E-state index contributed by atoms with van der Waals surface area (Å²) in [5.74, 6) is -7.48. The Hall–Kier alpha value is -5.56. The average Bonchev–Trinajstić information content (AvgIpc) is 3.15. The highest BCUT2D eigenvalue weighted by molar-refractivity contribution is 5.75. The van der Waals surface area contributed by atoms with Crippen LogP contribution in [0.3, 0.4) is 0 Å². The molecule has 7 atom stereocenters. The molecule has 59 heavy (non-hydrogen) atoms. The fourth-order valence-corrected chi connectivity index (χ4v) is 5.66. The lowest BCUT2D eigenvalue weighted by atomic mass is 9.96. The Labute approximate surface area is 338 Å². The van der Waals surface area contributed by atoms with Gasteiger partial charge in [-0.1, -0.05) is 0 Å². The van der Waals surface area contributed by atoms with Crippen molar-refractivity contribution in [3.05, 3.63) is 47.0 Å². The number of nitrogens with two attached hydrogens (primary N) is 6. The third kappa shape index (κ3) is 18.7. The lowest BCUT2D eigenvalue weighted by Gasteiger charge is -2.15. The number of aliphatic hydroxyl groups excluding tert-OH is 1. The quantitative estimate of drug-likeness (QED) is 0.0318. The highest BCUT2D eigenvalue weighted by atomic mass is 16.4. The van der Waals surface area contributed by atoms with Gasteiger partial charge in [-0.2, -0.15) is 4.57 Å². The first-order chi connectivity index (χ1) is 27.4. The van der Waals surface area contributed by atoms with E-state index in [1.54, 1.807) is 17.0 Å². The summed E-state index contributed by atoms with van der Waals surface area (Å²) < 4.78 is 3.13. The molecule has 330 valence electrons. The number of hydrogen-bond donors (Lipinski definition) is 15. The highest BCUT2D eigenvalue weighted by Gasteiger charge is 2.26. The number of aryl methyl sites for hydroxylation is 3. The first kappa shape index (κ1) is 51.5. The summed E-state index contributed by atoms with van der Waals surface area (Å²) in [5, 5.41) is 84.5. The molecule has 23 nitrogen and oxygen atoms in total. The summed E-state index contributed by atoms with van der Waals surface area (Å²) in [6.07, 6.45) is 6.79. The number of aliphatic hydroxyl groups is 1. The van der Waals surface area contributed by atoms with Crippen LogP contribution in [0.1, 0.15) is 67.2 Å². The molecule has 0 saturated heterocycles. The molecule has 0 amide bonds. The van der Waals surface area contributed by atoms with Gasteiger partial charge in [0.25, 0.3) is 0 Å². The Balaban J connectivity index is 0.000000590. The molecule has 2 aromatic rings. The molecule has 0 radical (unpaired) electrons. The number of rotatable bonds is 26. The van der Waals surface area contributed by atoms with Gasteiger partial charge in [0.1, 0.15) is 48.9 Å². The zero-order valence-electron chi connectivity index (χ0n) is 32.4. The van der Waals surface area contributed by atoms with E-state index in [-0.39, 0.29) is 75.0 Å². The van der Waals surface area contributed by atoms with E-state index in [0.29, 0.717) is 42.5 Å². The second-order valence-electron chi connectivity index (χ2n) is 14.1. The van der Waals surface area contributed by atoms with Crippen molar-refractivity contribution in [1.29, 1.82) is 0 Å². The first-order valence-electron chi connectivity index (χ1n) is 18.5. The molecule has 2 aromatic heterocycles. The van der Waals surface area contributed by atoms with Gasteiger partial charge in [-0.3, -0.25) is 28.8 Å². The number of carbonyl (C=O) groups is 6. The Bertz CT molecular complexity index is 1760. The van der Waals surface area contributed by atoms with Crippen LogP contribution in [0, 0.1) is 0 Å². The fourth-order valence-electron chi connectivity index (χ4n) is 5.66. The number of carboxylic acid groups (broad SMARTS) is 6. The topological polar surface area (TPSA) is 448 Å². The Morgan fingerprint density at radius 3 is 1.24 bits per heavy atom. The van der Waals surface area contributed by atoms with Gasteiger partial charge in [0.15, 0.2) is 30.4 Å². The number of pyridine rings is 2. The smallest absolute Gasteiger partial charge is 0.320 e. The molecule has 0 bridgehead atoms. The van der Waals surface area contributed by atoms with Crippen LogP contribution in [0.4, 0.5) is 0 Å². The molecule has 0 aliphatic rings. The van der Waals surface area contributed by atoms with Crippen LogP contribution < -0.4 is 43.5 Å². The predicted octanol–water partition coefficient (Wildman–Crippen LogP) is -3.91. The Morgan fingerprint density at radius 2 is 0.831 bits per heavy atom. The molecule has 0 aliphatic heterocycles. The number of unbranched alkanes of at least 4 members (excludes halogenated alkanes) is 1. The van der Waals surface area contributed by atoms with Gasteiger partial charge in [-0.05, 0) is 51.4 Å². The summed E-state index contributed by atoms with van der Waals surface area (Å²) in [6, 6.07) is -6.77. The van der Waals surface area contributed by atoms with Crippen LogP contribution in [-0.2, 0) is 67.5 Å². The van der Waals surface area contributed by atoms with Crippen molar-refractivity contribution in [3.8, 4) is 11.5 Å². The van der Waals surface area contributed by atoms with E-state index >= 15 is 0 Å². The van der Waals surface area contributed by atoms with E-state index in [4.69, 9.17) is 65.0 Å².